The van der Waals surface area contributed by atoms with Gasteiger partial charge in [-0.2, -0.15) is 0 Å². The number of rotatable bonds is 7. The second-order valence-corrected chi connectivity index (χ2v) is 4.24. The van der Waals surface area contributed by atoms with Crippen LogP contribution in [-0.2, 0) is 9.53 Å². The standard InChI is InChI=1S/C13H17FN2O4/c1-20-6-2-3-11(13(18)19)16-12(17)9-5-4-8(15)7-10(9)14/h4-5,7,11H,2-3,6,15H2,1H3,(H,16,17)(H,18,19). The molecule has 0 spiro atoms. The van der Waals surface area contributed by atoms with Crippen molar-refractivity contribution in [3.63, 3.8) is 0 Å². The van der Waals surface area contributed by atoms with Gasteiger partial charge < -0.3 is 20.9 Å². The average Bonchev–Trinajstić information content (AvgIpc) is 2.37. The lowest BCUT2D eigenvalue weighted by Crippen LogP contribution is -2.41. The summed E-state index contributed by atoms with van der Waals surface area (Å²) in [7, 11) is 1.50. The first-order valence-corrected chi connectivity index (χ1v) is 6.03. The van der Waals surface area contributed by atoms with E-state index < -0.39 is 23.7 Å². The van der Waals surface area contributed by atoms with Crippen molar-refractivity contribution in [1.82, 2.24) is 5.32 Å². The summed E-state index contributed by atoms with van der Waals surface area (Å²) in [5.41, 5.74) is 5.33. The molecule has 110 valence electrons. The van der Waals surface area contributed by atoms with Crippen LogP contribution in [0.3, 0.4) is 0 Å². The molecule has 20 heavy (non-hydrogen) atoms. The Kier molecular flexibility index (Phi) is 5.92. The van der Waals surface area contributed by atoms with Crippen molar-refractivity contribution in [3.8, 4) is 0 Å². The minimum atomic E-state index is -1.18. The largest absolute Gasteiger partial charge is 0.480 e. The van der Waals surface area contributed by atoms with E-state index in [0.717, 1.165) is 6.07 Å². The highest BCUT2D eigenvalue weighted by Gasteiger charge is 2.21. The van der Waals surface area contributed by atoms with E-state index >= 15 is 0 Å². The van der Waals surface area contributed by atoms with Gasteiger partial charge in [-0.25, -0.2) is 9.18 Å². The minimum Gasteiger partial charge on any atom is -0.480 e. The highest BCUT2D eigenvalue weighted by atomic mass is 19.1. The molecule has 4 N–H and O–H groups in total. The van der Waals surface area contributed by atoms with Crippen LogP contribution < -0.4 is 11.1 Å². The molecule has 1 rings (SSSR count). The predicted molar refractivity (Wildman–Crippen MR) is 70.8 cm³/mol. The molecule has 0 heterocycles. The molecule has 0 fully saturated rings. The molecular weight excluding hydrogens is 267 g/mol. The van der Waals surface area contributed by atoms with Gasteiger partial charge in [0.25, 0.3) is 5.91 Å². The molecular formula is C13H17FN2O4. The molecule has 0 aliphatic heterocycles. The van der Waals surface area contributed by atoms with Crippen LogP contribution in [0.4, 0.5) is 10.1 Å². The maximum absolute atomic E-state index is 13.6. The number of nitrogens with two attached hydrogens (primary N) is 1. The second-order valence-electron chi connectivity index (χ2n) is 4.24. The van der Waals surface area contributed by atoms with Gasteiger partial charge in [0, 0.05) is 19.4 Å². The Balaban J connectivity index is 2.72. The van der Waals surface area contributed by atoms with Crippen molar-refractivity contribution in [3.05, 3.63) is 29.6 Å². The van der Waals surface area contributed by atoms with Gasteiger partial charge in [-0.1, -0.05) is 0 Å². The number of benzene rings is 1. The zero-order valence-electron chi connectivity index (χ0n) is 11.1. The van der Waals surface area contributed by atoms with Gasteiger partial charge in [0.2, 0.25) is 0 Å². The first-order chi connectivity index (χ1) is 9.45. The van der Waals surface area contributed by atoms with E-state index in [0.29, 0.717) is 13.0 Å². The Hall–Kier alpha value is -2.15. The Bertz CT molecular complexity index is 493. The molecule has 0 aromatic heterocycles. The number of anilines is 1. The van der Waals surface area contributed by atoms with Crippen LogP contribution in [0.25, 0.3) is 0 Å². The summed E-state index contributed by atoms with van der Waals surface area (Å²) in [6.45, 7) is 0.385. The molecule has 1 aromatic carbocycles. The van der Waals surface area contributed by atoms with Crippen molar-refractivity contribution >= 4 is 17.6 Å². The van der Waals surface area contributed by atoms with Crippen molar-refractivity contribution in [1.29, 1.82) is 0 Å². The molecule has 0 radical (unpaired) electrons. The van der Waals surface area contributed by atoms with Crippen LogP contribution >= 0.6 is 0 Å². The van der Waals surface area contributed by atoms with Gasteiger partial charge in [-0.3, -0.25) is 4.79 Å². The second kappa shape index (κ2) is 7.44. The summed E-state index contributed by atoms with van der Waals surface area (Å²) in [5, 5.41) is 11.3. The number of halogens is 1. The number of hydrogen-bond donors (Lipinski definition) is 3. The average molecular weight is 284 g/mol. The molecule has 6 nitrogen and oxygen atoms in total. The van der Waals surface area contributed by atoms with Crippen LogP contribution in [0.1, 0.15) is 23.2 Å². The van der Waals surface area contributed by atoms with Crippen molar-refractivity contribution in [2.24, 2.45) is 0 Å². The number of carboxylic acid groups (broad SMARTS) is 1. The van der Waals surface area contributed by atoms with E-state index in [1.54, 1.807) is 0 Å². The zero-order chi connectivity index (χ0) is 15.1. The molecule has 0 bridgehead atoms. The number of ether oxygens (including phenoxy) is 1. The summed E-state index contributed by atoms with van der Waals surface area (Å²) in [4.78, 5) is 22.9. The lowest BCUT2D eigenvalue weighted by Gasteiger charge is -2.14. The molecule has 1 atom stereocenters. The Morgan fingerprint density at radius 3 is 2.75 bits per heavy atom. The predicted octanol–water partition coefficient (Wildman–Crippen LogP) is 1.02. The third-order valence-electron chi connectivity index (χ3n) is 2.68. The van der Waals surface area contributed by atoms with E-state index in [9.17, 15) is 14.0 Å². The number of carboxylic acids is 1. The Labute approximate surface area is 115 Å². The van der Waals surface area contributed by atoms with E-state index in [1.165, 1.54) is 19.2 Å². The third kappa shape index (κ3) is 4.51. The lowest BCUT2D eigenvalue weighted by atomic mass is 10.1. The Morgan fingerprint density at radius 1 is 1.50 bits per heavy atom. The number of methoxy groups -OCH3 is 1. The monoisotopic (exact) mass is 284 g/mol. The van der Waals surface area contributed by atoms with Gasteiger partial charge in [-0.15, -0.1) is 0 Å². The third-order valence-corrected chi connectivity index (χ3v) is 2.68. The van der Waals surface area contributed by atoms with E-state index in [1.807, 2.05) is 0 Å². The number of carbonyl (C=O) groups is 2. The fourth-order valence-corrected chi connectivity index (χ4v) is 1.64. The summed E-state index contributed by atoms with van der Waals surface area (Å²) >= 11 is 0. The topological polar surface area (TPSA) is 102 Å². The highest BCUT2D eigenvalue weighted by molar-refractivity contribution is 5.97. The van der Waals surface area contributed by atoms with Gasteiger partial charge in [0.05, 0.1) is 5.56 Å². The van der Waals surface area contributed by atoms with E-state index in [2.05, 4.69) is 5.32 Å². The molecule has 0 aliphatic rings. The number of aliphatic carboxylic acids is 1. The number of nitrogens with one attached hydrogen (secondary N) is 1. The first-order valence-electron chi connectivity index (χ1n) is 6.03. The fourth-order valence-electron chi connectivity index (χ4n) is 1.64. The van der Waals surface area contributed by atoms with Crippen LogP contribution in [0, 0.1) is 5.82 Å². The first kappa shape index (κ1) is 15.9. The number of hydrogen-bond acceptors (Lipinski definition) is 4. The molecule has 0 aliphatic carbocycles. The summed E-state index contributed by atoms with van der Waals surface area (Å²) < 4.78 is 18.4. The maximum atomic E-state index is 13.6. The van der Waals surface area contributed by atoms with Crippen molar-refractivity contribution in [2.75, 3.05) is 19.5 Å². The molecule has 0 saturated heterocycles. The quantitative estimate of drug-likeness (QED) is 0.512. The molecule has 1 aromatic rings. The normalized spacial score (nSPS) is 11.9. The van der Waals surface area contributed by atoms with Crippen LogP contribution in [-0.4, -0.2) is 36.7 Å². The van der Waals surface area contributed by atoms with Crippen LogP contribution in [0.2, 0.25) is 0 Å². The highest BCUT2D eigenvalue weighted by Crippen LogP contribution is 2.12. The fraction of sp³-hybridized carbons (Fsp3) is 0.385. The maximum Gasteiger partial charge on any atom is 0.326 e. The lowest BCUT2D eigenvalue weighted by molar-refractivity contribution is -0.139. The SMILES string of the molecule is COCCCC(NC(=O)c1ccc(N)cc1F)C(=O)O. The Morgan fingerprint density at radius 2 is 2.20 bits per heavy atom. The summed E-state index contributed by atoms with van der Waals surface area (Å²) in [5.74, 6) is -2.75. The number of nitrogen functional groups attached to an aromatic ring is 1. The van der Waals surface area contributed by atoms with Crippen molar-refractivity contribution in [2.45, 2.75) is 18.9 Å². The van der Waals surface area contributed by atoms with Gasteiger partial charge in [0.1, 0.15) is 11.9 Å². The molecule has 1 unspecified atom stereocenters. The van der Waals surface area contributed by atoms with Crippen molar-refractivity contribution < 1.29 is 23.8 Å². The van der Waals surface area contributed by atoms with E-state index in [4.69, 9.17) is 15.6 Å². The smallest absolute Gasteiger partial charge is 0.326 e. The molecule has 7 heteroatoms. The van der Waals surface area contributed by atoms with Crippen LogP contribution in [0.15, 0.2) is 18.2 Å². The van der Waals surface area contributed by atoms with Gasteiger partial charge in [-0.05, 0) is 31.0 Å². The zero-order valence-corrected chi connectivity index (χ0v) is 11.1. The molecule has 1 amide bonds. The van der Waals surface area contributed by atoms with E-state index in [-0.39, 0.29) is 17.7 Å². The van der Waals surface area contributed by atoms with Crippen LogP contribution in [0.5, 0.6) is 0 Å². The number of amides is 1. The summed E-state index contributed by atoms with van der Waals surface area (Å²) in [6, 6.07) is 2.51. The summed E-state index contributed by atoms with van der Waals surface area (Å²) in [6.07, 6.45) is 0.670. The van der Waals surface area contributed by atoms with Gasteiger partial charge >= 0.3 is 5.97 Å². The minimum absolute atomic E-state index is 0.189. The van der Waals surface area contributed by atoms with Gasteiger partial charge in [0.15, 0.2) is 0 Å². The molecule has 0 saturated carbocycles. The number of carbonyl (C=O) groups excluding carboxylic acids is 1.